The summed E-state index contributed by atoms with van der Waals surface area (Å²) in [6.07, 6.45) is 0.659. The first-order chi connectivity index (χ1) is 7.20. The predicted molar refractivity (Wildman–Crippen MR) is 53.8 cm³/mol. The van der Waals surface area contributed by atoms with Gasteiger partial charge in [0.1, 0.15) is 11.6 Å². The van der Waals surface area contributed by atoms with Crippen LogP contribution in [-0.2, 0) is 0 Å². The van der Waals surface area contributed by atoms with Crippen LogP contribution >= 0.6 is 0 Å². The number of aromatic amines is 1. The average molecular weight is 205 g/mol. The number of nitrogens with zero attached hydrogens (tertiary/aromatic N) is 1. The van der Waals surface area contributed by atoms with Crippen molar-refractivity contribution in [2.24, 2.45) is 0 Å². The Balaban J connectivity index is 2.59. The van der Waals surface area contributed by atoms with Crippen LogP contribution in [0.3, 0.4) is 0 Å². The van der Waals surface area contributed by atoms with Gasteiger partial charge in [0.15, 0.2) is 6.29 Å². The van der Waals surface area contributed by atoms with Gasteiger partial charge >= 0.3 is 0 Å². The number of aromatic nitrogens is 2. The topological polar surface area (TPSA) is 71.8 Å². The summed E-state index contributed by atoms with van der Waals surface area (Å²) in [5.74, 6) is -0.116. The fraction of sp³-hybridized carbons (Fsp3) is 0. The Morgan fingerprint density at radius 2 is 2.20 bits per heavy atom. The van der Waals surface area contributed by atoms with Crippen LogP contribution in [0, 0.1) is 5.82 Å². The van der Waals surface area contributed by atoms with Crippen molar-refractivity contribution in [2.45, 2.75) is 0 Å². The Kier molecular flexibility index (Phi) is 2.21. The summed E-state index contributed by atoms with van der Waals surface area (Å²) in [6, 6.07) is 5.44. The van der Waals surface area contributed by atoms with E-state index in [1.165, 1.54) is 18.2 Å². The second kappa shape index (κ2) is 3.53. The van der Waals surface area contributed by atoms with Crippen molar-refractivity contribution in [2.75, 3.05) is 5.73 Å². The highest BCUT2D eigenvalue weighted by atomic mass is 19.1. The van der Waals surface area contributed by atoms with E-state index in [2.05, 4.69) is 10.2 Å². The average Bonchev–Trinajstić information content (AvgIpc) is 2.65. The molecule has 76 valence electrons. The maximum atomic E-state index is 13.0. The van der Waals surface area contributed by atoms with Crippen LogP contribution in [0.15, 0.2) is 24.3 Å². The van der Waals surface area contributed by atoms with E-state index in [9.17, 15) is 9.18 Å². The van der Waals surface area contributed by atoms with Gasteiger partial charge in [0.2, 0.25) is 0 Å². The number of aldehydes is 1. The molecule has 5 heteroatoms. The highest BCUT2D eigenvalue weighted by Gasteiger charge is 2.08. The number of H-pyrrole nitrogens is 1. The number of hydrogen-bond donors (Lipinski definition) is 2. The molecule has 0 spiro atoms. The lowest BCUT2D eigenvalue weighted by molar-refractivity contribution is 0.112. The van der Waals surface area contributed by atoms with Gasteiger partial charge in [-0.05, 0) is 18.2 Å². The Morgan fingerprint density at radius 1 is 1.40 bits per heavy atom. The Morgan fingerprint density at radius 3 is 2.80 bits per heavy atom. The van der Waals surface area contributed by atoms with Crippen LogP contribution in [0.2, 0.25) is 0 Å². The molecule has 0 radical (unpaired) electrons. The minimum Gasteiger partial charge on any atom is -0.382 e. The molecule has 3 N–H and O–H groups in total. The number of nitrogens with two attached hydrogens (primary N) is 1. The van der Waals surface area contributed by atoms with Crippen LogP contribution in [0.4, 0.5) is 10.2 Å². The fourth-order valence-electron chi connectivity index (χ4n) is 1.34. The third-order valence-corrected chi connectivity index (χ3v) is 2.03. The van der Waals surface area contributed by atoms with Gasteiger partial charge in [-0.3, -0.25) is 9.89 Å². The summed E-state index contributed by atoms with van der Waals surface area (Å²) in [5.41, 5.74) is 6.79. The minimum absolute atomic E-state index is 0.297. The molecule has 0 aliphatic rings. The molecular weight excluding hydrogens is 197 g/mol. The third-order valence-electron chi connectivity index (χ3n) is 2.03. The highest BCUT2D eigenvalue weighted by molar-refractivity contribution is 5.86. The van der Waals surface area contributed by atoms with E-state index in [0.29, 0.717) is 28.9 Å². The molecule has 1 aromatic carbocycles. The number of anilines is 1. The molecule has 0 saturated carbocycles. The Labute approximate surface area is 84.9 Å². The standard InChI is InChI=1S/C10H8FN3O/c11-7-2-1-6(5-15)8(3-7)9-4-10(12)14-13-9/h1-5H,(H3,12,13,14). The van der Waals surface area contributed by atoms with Crippen molar-refractivity contribution >= 4 is 12.1 Å². The summed E-state index contributed by atoms with van der Waals surface area (Å²) < 4.78 is 13.0. The number of carbonyl (C=O) groups is 1. The number of halogens is 1. The van der Waals surface area contributed by atoms with Gasteiger partial charge in [-0.2, -0.15) is 5.10 Å². The van der Waals surface area contributed by atoms with Crippen LogP contribution < -0.4 is 5.73 Å². The first kappa shape index (κ1) is 9.39. The molecule has 0 atom stereocenters. The first-order valence-corrected chi connectivity index (χ1v) is 4.26. The van der Waals surface area contributed by atoms with E-state index in [1.54, 1.807) is 6.07 Å². The highest BCUT2D eigenvalue weighted by Crippen LogP contribution is 2.22. The molecule has 0 bridgehead atoms. The van der Waals surface area contributed by atoms with Gasteiger partial charge in [0.05, 0.1) is 5.69 Å². The van der Waals surface area contributed by atoms with Crippen molar-refractivity contribution in [3.63, 3.8) is 0 Å². The quantitative estimate of drug-likeness (QED) is 0.731. The summed E-state index contributed by atoms with van der Waals surface area (Å²) >= 11 is 0. The fourth-order valence-corrected chi connectivity index (χ4v) is 1.34. The van der Waals surface area contributed by atoms with Gasteiger partial charge in [0.25, 0.3) is 0 Å². The molecule has 0 aliphatic heterocycles. The van der Waals surface area contributed by atoms with Gasteiger partial charge in [-0.1, -0.05) is 0 Å². The van der Waals surface area contributed by atoms with Crippen LogP contribution in [0.5, 0.6) is 0 Å². The number of carbonyl (C=O) groups excluding carboxylic acids is 1. The minimum atomic E-state index is -0.413. The molecule has 1 heterocycles. The molecule has 4 nitrogen and oxygen atoms in total. The second-order valence-corrected chi connectivity index (χ2v) is 3.06. The van der Waals surface area contributed by atoms with Gasteiger partial charge < -0.3 is 5.73 Å². The molecule has 2 aromatic rings. The Hall–Kier alpha value is -2.17. The van der Waals surface area contributed by atoms with Gasteiger partial charge in [-0.25, -0.2) is 4.39 Å². The molecule has 1 aromatic heterocycles. The van der Waals surface area contributed by atoms with E-state index < -0.39 is 5.82 Å². The zero-order chi connectivity index (χ0) is 10.8. The number of benzene rings is 1. The van der Waals surface area contributed by atoms with E-state index in [4.69, 9.17) is 5.73 Å². The summed E-state index contributed by atoms with van der Waals surface area (Å²) in [7, 11) is 0. The van der Waals surface area contributed by atoms with Crippen molar-refractivity contribution in [3.8, 4) is 11.3 Å². The number of nitrogens with one attached hydrogen (secondary N) is 1. The van der Waals surface area contributed by atoms with E-state index >= 15 is 0 Å². The van der Waals surface area contributed by atoms with Gasteiger partial charge in [0, 0.05) is 17.2 Å². The SMILES string of the molecule is Nc1cc(-c2cc(F)ccc2C=O)[nH]n1. The molecule has 0 saturated heterocycles. The van der Waals surface area contributed by atoms with Crippen LogP contribution in [0.25, 0.3) is 11.3 Å². The van der Waals surface area contributed by atoms with Crippen molar-refractivity contribution in [1.29, 1.82) is 0 Å². The Bertz CT molecular complexity index is 507. The lowest BCUT2D eigenvalue weighted by atomic mass is 10.1. The van der Waals surface area contributed by atoms with Crippen LogP contribution in [-0.4, -0.2) is 16.5 Å². The van der Waals surface area contributed by atoms with E-state index in [0.717, 1.165) is 0 Å². The molecule has 0 fully saturated rings. The lowest BCUT2D eigenvalue weighted by Crippen LogP contribution is -1.89. The smallest absolute Gasteiger partial charge is 0.150 e. The zero-order valence-corrected chi connectivity index (χ0v) is 7.70. The molecule has 15 heavy (non-hydrogen) atoms. The van der Waals surface area contributed by atoms with Crippen molar-refractivity contribution in [1.82, 2.24) is 10.2 Å². The first-order valence-electron chi connectivity index (χ1n) is 4.26. The molecular formula is C10H8FN3O. The zero-order valence-electron chi connectivity index (χ0n) is 7.70. The number of nitrogen functional groups attached to an aromatic ring is 1. The van der Waals surface area contributed by atoms with E-state index in [-0.39, 0.29) is 0 Å². The second-order valence-electron chi connectivity index (χ2n) is 3.06. The summed E-state index contributed by atoms with van der Waals surface area (Å²) in [4.78, 5) is 10.7. The monoisotopic (exact) mass is 205 g/mol. The largest absolute Gasteiger partial charge is 0.382 e. The van der Waals surface area contributed by atoms with Crippen LogP contribution in [0.1, 0.15) is 10.4 Å². The molecule has 2 rings (SSSR count). The normalized spacial score (nSPS) is 10.2. The molecule has 0 amide bonds. The maximum Gasteiger partial charge on any atom is 0.150 e. The summed E-state index contributed by atoms with van der Waals surface area (Å²) in [5, 5.41) is 6.34. The van der Waals surface area contributed by atoms with Gasteiger partial charge in [-0.15, -0.1) is 0 Å². The molecule has 0 aliphatic carbocycles. The van der Waals surface area contributed by atoms with Crippen molar-refractivity contribution < 1.29 is 9.18 Å². The third kappa shape index (κ3) is 1.71. The number of rotatable bonds is 2. The lowest BCUT2D eigenvalue weighted by Gasteiger charge is -2.01. The van der Waals surface area contributed by atoms with E-state index in [1.807, 2.05) is 0 Å². The number of hydrogen-bond acceptors (Lipinski definition) is 3. The predicted octanol–water partition coefficient (Wildman–Crippen LogP) is 1.61. The molecule has 0 unspecified atom stereocenters. The maximum absolute atomic E-state index is 13.0. The van der Waals surface area contributed by atoms with Crippen molar-refractivity contribution in [3.05, 3.63) is 35.6 Å². The summed E-state index contributed by atoms with van der Waals surface area (Å²) in [6.45, 7) is 0.